The van der Waals surface area contributed by atoms with Crippen LogP contribution in [0, 0.1) is 5.92 Å². The van der Waals surface area contributed by atoms with Crippen LogP contribution in [0.3, 0.4) is 0 Å². The van der Waals surface area contributed by atoms with Crippen molar-refractivity contribution in [2.24, 2.45) is 5.92 Å². The molecule has 1 unspecified atom stereocenters. The molecule has 1 aromatic carbocycles. The van der Waals surface area contributed by atoms with Crippen molar-refractivity contribution in [3.05, 3.63) is 24.3 Å². The molecule has 0 radical (unpaired) electrons. The summed E-state index contributed by atoms with van der Waals surface area (Å²) < 4.78 is 0. The largest absolute Gasteiger partial charge is 0.369 e. The van der Waals surface area contributed by atoms with Gasteiger partial charge in [0.25, 0.3) is 0 Å². The van der Waals surface area contributed by atoms with Gasteiger partial charge in [0.2, 0.25) is 5.91 Å². The molecule has 2 N–H and O–H groups in total. The molecule has 22 heavy (non-hydrogen) atoms. The average Bonchev–Trinajstić information content (AvgIpc) is 2.48. The Morgan fingerprint density at radius 1 is 1.27 bits per heavy atom. The number of nitrogens with zero attached hydrogens (tertiary/aromatic N) is 1. The van der Waals surface area contributed by atoms with Crippen molar-refractivity contribution >= 4 is 34.6 Å². The first-order valence-electron chi connectivity index (χ1n) is 7.96. The van der Waals surface area contributed by atoms with Gasteiger partial charge in [-0.1, -0.05) is 13.8 Å². The summed E-state index contributed by atoms with van der Waals surface area (Å²) in [6.07, 6.45) is 3.84. The van der Waals surface area contributed by atoms with E-state index in [4.69, 9.17) is 12.2 Å². The number of amides is 1. The summed E-state index contributed by atoms with van der Waals surface area (Å²) >= 11 is 5.15. The van der Waals surface area contributed by atoms with Crippen molar-refractivity contribution in [1.29, 1.82) is 0 Å². The van der Waals surface area contributed by atoms with Crippen molar-refractivity contribution in [1.82, 2.24) is 5.32 Å². The minimum absolute atomic E-state index is 0.0729. The highest BCUT2D eigenvalue weighted by molar-refractivity contribution is 7.80. The average molecular weight is 319 g/mol. The van der Waals surface area contributed by atoms with Crippen LogP contribution in [0.15, 0.2) is 24.3 Å². The zero-order chi connectivity index (χ0) is 16.1. The van der Waals surface area contributed by atoms with E-state index in [1.54, 1.807) is 0 Å². The second-order valence-electron chi connectivity index (χ2n) is 6.18. The van der Waals surface area contributed by atoms with Gasteiger partial charge in [-0.15, -0.1) is 0 Å². The van der Waals surface area contributed by atoms with Crippen LogP contribution in [-0.2, 0) is 4.79 Å². The lowest BCUT2D eigenvalue weighted by Crippen LogP contribution is -2.37. The van der Waals surface area contributed by atoms with Gasteiger partial charge in [0, 0.05) is 29.9 Å². The van der Waals surface area contributed by atoms with Crippen molar-refractivity contribution in [3.63, 3.8) is 0 Å². The normalized spacial score (nSPS) is 18.2. The third-order valence-electron chi connectivity index (χ3n) is 4.02. The number of nitrogens with one attached hydrogen (secondary N) is 2. The minimum Gasteiger partial charge on any atom is -0.369 e. The lowest BCUT2D eigenvalue weighted by Gasteiger charge is -2.35. The van der Waals surface area contributed by atoms with Crippen LogP contribution in [0.1, 0.15) is 40.0 Å². The van der Waals surface area contributed by atoms with Gasteiger partial charge in [-0.3, -0.25) is 4.79 Å². The number of hydrogen-bond donors (Lipinski definition) is 2. The summed E-state index contributed by atoms with van der Waals surface area (Å²) in [5.41, 5.74) is 2.14. The van der Waals surface area contributed by atoms with Crippen molar-refractivity contribution < 1.29 is 4.79 Å². The van der Waals surface area contributed by atoms with Gasteiger partial charge in [-0.2, -0.15) is 0 Å². The molecule has 1 aliphatic heterocycles. The Labute approximate surface area is 138 Å². The third kappa shape index (κ3) is 4.44. The van der Waals surface area contributed by atoms with E-state index in [1.807, 2.05) is 26.0 Å². The molecule has 4 nitrogen and oxygen atoms in total. The number of carbonyl (C=O) groups is 1. The molecule has 1 aliphatic rings. The van der Waals surface area contributed by atoms with Crippen LogP contribution in [0.25, 0.3) is 0 Å². The molecule has 1 atom stereocenters. The Hall–Kier alpha value is -1.62. The maximum atomic E-state index is 11.6. The molecule has 1 saturated heterocycles. The molecule has 2 rings (SSSR count). The Balaban J connectivity index is 1.94. The smallest absolute Gasteiger partial charge is 0.228 e. The van der Waals surface area contributed by atoms with E-state index in [0.29, 0.717) is 11.2 Å². The molecule has 1 aromatic rings. The fourth-order valence-electron chi connectivity index (χ4n) is 2.64. The predicted molar refractivity (Wildman–Crippen MR) is 96.3 cm³/mol. The van der Waals surface area contributed by atoms with E-state index in [0.717, 1.165) is 12.2 Å². The Morgan fingerprint density at radius 3 is 2.55 bits per heavy atom. The standard InChI is InChI=1S/C17H25N3OS/c1-12(2)16(21)19-17(22)18-14-7-9-15(10-8-14)20-11-5-4-6-13(20)3/h7-10,12-13H,4-6,11H2,1-3H3,(H2,18,19,21,22). The number of anilines is 2. The summed E-state index contributed by atoms with van der Waals surface area (Å²) in [4.78, 5) is 14.0. The van der Waals surface area contributed by atoms with Gasteiger partial charge in [0.1, 0.15) is 0 Å². The molecule has 0 bridgehead atoms. The molecule has 0 aliphatic carbocycles. The fourth-order valence-corrected chi connectivity index (χ4v) is 2.85. The SMILES string of the molecule is CC(C)C(=O)NC(=S)Nc1ccc(N2CCCCC2C)cc1. The summed E-state index contributed by atoms with van der Waals surface area (Å²) in [7, 11) is 0. The molecule has 5 heteroatoms. The van der Waals surface area contributed by atoms with E-state index < -0.39 is 0 Å². The topological polar surface area (TPSA) is 44.4 Å². The van der Waals surface area contributed by atoms with Crippen molar-refractivity contribution in [2.45, 2.75) is 46.1 Å². The van der Waals surface area contributed by atoms with Crippen LogP contribution < -0.4 is 15.5 Å². The number of carbonyl (C=O) groups excluding carboxylic acids is 1. The summed E-state index contributed by atoms with van der Waals surface area (Å²) in [6.45, 7) is 7.08. The van der Waals surface area contributed by atoms with E-state index >= 15 is 0 Å². The highest BCUT2D eigenvalue weighted by Crippen LogP contribution is 2.25. The lowest BCUT2D eigenvalue weighted by atomic mass is 10.0. The maximum absolute atomic E-state index is 11.6. The van der Waals surface area contributed by atoms with Crippen molar-refractivity contribution in [2.75, 3.05) is 16.8 Å². The first-order valence-corrected chi connectivity index (χ1v) is 8.36. The van der Waals surface area contributed by atoms with Gasteiger partial charge in [-0.05, 0) is 62.7 Å². The highest BCUT2D eigenvalue weighted by atomic mass is 32.1. The number of thiocarbonyl (C=S) groups is 1. The monoisotopic (exact) mass is 319 g/mol. The van der Waals surface area contributed by atoms with Crippen LogP contribution in [0.4, 0.5) is 11.4 Å². The van der Waals surface area contributed by atoms with Gasteiger partial charge >= 0.3 is 0 Å². The Morgan fingerprint density at radius 2 is 1.95 bits per heavy atom. The van der Waals surface area contributed by atoms with E-state index in [1.165, 1.54) is 24.9 Å². The molecule has 120 valence electrons. The molecule has 0 aromatic heterocycles. The molecule has 0 spiro atoms. The molecular weight excluding hydrogens is 294 g/mol. The second kappa shape index (κ2) is 7.58. The van der Waals surface area contributed by atoms with E-state index in [-0.39, 0.29) is 11.8 Å². The van der Waals surface area contributed by atoms with Gasteiger partial charge in [-0.25, -0.2) is 0 Å². The number of hydrogen-bond acceptors (Lipinski definition) is 3. The molecular formula is C17H25N3OS. The van der Waals surface area contributed by atoms with Gasteiger partial charge < -0.3 is 15.5 Å². The van der Waals surface area contributed by atoms with Crippen LogP contribution in [-0.4, -0.2) is 23.6 Å². The van der Waals surface area contributed by atoms with Gasteiger partial charge in [0.15, 0.2) is 5.11 Å². The number of piperidine rings is 1. The molecule has 1 fully saturated rings. The number of rotatable bonds is 3. The lowest BCUT2D eigenvalue weighted by molar-refractivity contribution is -0.122. The van der Waals surface area contributed by atoms with Crippen LogP contribution in [0.2, 0.25) is 0 Å². The minimum atomic E-state index is -0.0808. The van der Waals surface area contributed by atoms with E-state index in [9.17, 15) is 4.79 Å². The van der Waals surface area contributed by atoms with Crippen LogP contribution in [0.5, 0.6) is 0 Å². The number of benzene rings is 1. The van der Waals surface area contributed by atoms with Gasteiger partial charge in [0.05, 0.1) is 0 Å². The Kier molecular flexibility index (Phi) is 5.77. The zero-order valence-corrected chi connectivity index (χ0v) is 14.4. The van der Waals surface area contributed by atoms with Crippen molar-refractivity contribution in [3.8, 4) is 0 Å². The van der Waals surface area contributed by atoms with E-state index in [2.05, 4.69) is 34.6 Å². The molecule has 1 heterocycles. The first kappa shape index (κ1) is 16.7. The Bertz CT molecular complexity index is 527. The third-order valence-corrected chi connectivity index (χ3v) is 4.23. The highest BCUT2D eigenvalue weighted by Gasteiger charge is 2.18. The predicted octanol–water partition coefficient (Wildman–Crippen LogP) is 3.53. The molecule has 1 amide bonds. The first-order chi connectivity index (χ1) is 10.5. The summed E-state index contributed by atoms with van der Waals surface area (Å²) in [5.74, 6) is -0.154. The fraction of sp³-hybridized carbons (Fsp3) is 0.529. The zero-order valence-electron chi connectivity index (χ0n) is 13.6. The second-order valence-corrected chi connectivity index (χ2v) is 6.59. The summed E-state index contributed by atoms with van der Waals surface area (Å²) in [5, 5.41) is 6.08. The van der Waals surface area contributed by atoms with Crippen LogP contribution >= 0.6 is 12.2 Å². The molecule has 0 saturated carbocycles. The quantitative estimate of drug-likeness (QED) is 0.837. The summed E-state index contributed by atoms with van der Waals surface area (Å²) in [6, 6.07) is 8.82. The maximum Gasteiger partial charge on any atom is 0.228 e.